The highest BCUT2D eigenvalue weighted by molar-refractivity contribution is 9.10. The smallest absolute Gasteiger partial charge is 0.325 e. The molecular weight excluding hydrogens is 381 g/mol. The Morgan fingerprint density at radius 3 is 2.83 bits per heavy atom. The van der Waals surface area contributed by atoms with E-state index in [1.165, 1.54) is 6.07 Å². The number of amides is 4. The van der Waals surface area contributed by atoms with Gasteiger partial charge in [-0.15, -0.1) is 0 Å². The Morgan fingerprint density at radius 1 is 1.46 bits per heavy atom. The highest BCUT2D eigenvalue weighted by Crippen LogP contribution is 2.42. The maximum Gasteiger partial charge on any atom is 0.325 e. The third-order valence-electron chi connectivity index (χ3n) is 4.48. The minimum Gasteiger partial charge on any atom is -0.350 e. The van der Waals surface area contributed by atoms with E-state index in [1.54, 1.807) is 19.1 Å². The quantitative estimate of drug-likeness (QED) is 0.745. The van der Waals surface area contributed by atoms with E-state index in [0.29, 0.717) is 10.0 Å². The number of halogens is 2. The zero-order chi connectivity index (χ0) is 17.5. The number of nitrogens with one attached hydrogen (secondary N) is 2. The first-order valence-electron chi connectivity index (χ1n) is 7.66. The minimum atomic E-state index is -0.909. The Hall–Kier alpha value is -1.96. The van der Waals surface area contributed by atoms with Crippen LogP contribution in [0.5, 0.6) is 0 Å². The largest absolute Gasteiger partial charge is 0.350 e. The van der Waals surface area contributed by atoms with Gasteiger partial charge >= 0.3 is 6.03 Å². The highest BCUT2D eigenvalue weighted by atomic mass is 79.9. The van der Waals surface area contributed by atoms with E-state index >= 15 is 0 Å². The molecule has 2 fully saturated rings. The highest BCUT2D eigenvalue weighted by Gasteiger charge is 2.56. The van der Waals surface area contributed by atoms with Crippen LogP contribution in [0.25, 0.3) is 0 Å². The maximum atomic E-state index is 13.6. The van der Waals surface area contributed by atoms with Gasteiger partial charge in [0.25, 0.3) is 5.91 Å². The molecule has 1 unspecified atom stereocenters. The number of nitrogens with zero attached hydrogens (tertiary/aromatic N) is 1. The van der Waals surface area contributed by atoms with Gasteiger partial charge in [-0.1, -0.05) is 15.9 Å². The first kappa shape index (κ1) is 16.9. The fourth-order valence-electron chi connectivity index (χ4n) is 2.87. The van der Waals surface area contributed by atoms with Crippen LogP contribution in [0.2, 0.25) is 0 Å². The van der Waals surface area contributed by atoms with Crippen LogP contribution in [0.4, 0.5) is 9.18 Å². The van der Waals surface area contributed by atoms with E-state index in [1.807, 2.05) is 0 Å². The number of benzene rings is 1. The summed E-state index contributed by atoms with van der Waals surface area (Å²) in [4.78, 5) is 37.4. The lowest BCUT2D eigenvalue weighted by Crippen LogP contribution is -2.47. The number of urea groups is 1. The maximum absolute atomic E-state index is 13.6. The van der Waals surface area contributed by atoms with Gasteiger partial charge in [0.15, 0.2) is 0 Å². The molecule has 6 nitrogen and oxygen atoms in total. The van der Waals surface area contributed by atoms with Crippen LogP contribution in [0.1, 0.15) is 25.3 Å². The molecule has 0 aromatic heterocycles. The van der Waals surface area contributed by atoms with Crippen LogP contribution < -0.4 is 10.6 Å². The zero-order valence-electron chi connectivity index (χ0n) is 13.1. The van der Waals surface area contributed by atoms with Crippen molar-refractivity contribution < 1.29 is 18.8 Å². The predicted molar refractivity (Wildman–Crippen MR) is 87.3 cm³/mol. The van der Waals surface area contributed by atoms with Gasteiger partial charge in [0.2, 0.25) is 5.91 Å². The van der Waals surface area contributed by atoms with Gasteiger partial charge in [0.05, 0.1) is 0 Å². The molecule has 1 aliphatic carbocycles. The summed E-state index contributed by atoms with van der Waals surface area (Å²) >= 11 is 3.24. The van der Waals surface area contributed by atoms with Crippen LogP contribution in [-0.4, -0.2) is 34.8 Å². The summed E-state index contributed by atoms with van der Waals surface area (Å²) in [7, 11) is 0. The second-order valence-corrected chi connectivity index (χ2v) is 7.23. The first-order valence-corrected chi connectivity index (χ1v) is 8.45. The molecule has 8 heteroatoms. The molecule has 1 aromatic carbocycles. The summed E-state index contributed by atoms with van der Waals surface area (Å²) in [6, 6.07) is 3.86. The molecule has 2 aliphatic rings. The number of carbonyl (C=O) groups is 3. The summed E-state index contributed by atoms with van der Waals surface area (Å²) < 4.78 is 14.3. The molecule has 1 aromatic rings. The molecule has 128 valence electrons. The third-order valence-corrected chi connectivity index (χ3v) is 4.97. The molecule has 1 aliphatic heterocycles. The van der Waals surface area contributed by atoms with Crippen LogP contribution in [0.3, 0.4) is 0 Å². The fraction of sp³-hybridized carbons (Fsp3) is 0.438. The molecule has 0 bridgehead atoms. The zero-order valence-corrected chi connectivity index (χ0v) is 14.7. The Morgan fingerprint density at radius 2 is 2.17 bits per heavy atom. The van der Waals surface area contributed by atoms with Gasteiger partial charge in [-0.05, 0) is 43.9 Å². The molecule has 1 heterocycles. The van der Waals surface area contributed by atoms with Crippen LogP contribution >= 0.6 is 15.9 Å². The molecule has 0 radical (unpaired) electrons. The van der Waals surface area contributed by atoms with E-state index in [-0.39, 0.29) is 24.9 Å². The Bertz CT molecular complexity index is 723. The molecule has 1 atom stereocenters. The van der Waals surface area contributed by atoms with Crippen molar-refractivity contribution in [1.29, 1.82) is 0 Å². The summed E-state index contributed by atoms with van der Waals surface area (Å²) in [5, 5.41) is 5.21. The number of rotatable bonds is 5. The van der Waals surface area contributed by atoms with E-state index in [9.17, 15) is 18.8 Å². The average molecular weight is 398 g/mol. The predicted octanol–water partition coefficient (Wildman–Crippen LogP) is 1.92. The molecule has 3 rings (SSSR count). The van der Waals surface area contributed by atoms with E-state index in [2.05, 4.69) is 26.6 Å². The second-order valence-electron chi connectivity index (χ2n) is 6.31. The lowest BCUT2D eigenvalue weighted by molar-refractivity contribution is -0.135. The Labute approximate surface area is 146 Å². The van der Waals surface area contributed by atoms with Crippen molar-refractivity contribution in [2.75, 3.05) is 6.54 Å². The Kier molecular flexibility index (Phi) is 4.33. The van der Waals surface area contributed by atoms with Gasteiger partial charge in [0, 0.05) is 16.6 Å². The monoisotopic (exact) mass is 397 g/mol. The summed E-state index contributed by atoms with van der Waals surface area (Å²) in [5.74, 6) is -1.19. The lowest BCUT2D eigenvalue weighted by atomic mass is 9.96. The van der Waals surface area contributed by atoms with Crippen molar-refractivity contribution in [2.24, 2.45) is 5.92 Å². The summed E-state index contributed by atoms with van der Waals surface area (Å²) in [6.07, 6.45) is 1.79. The van der Waals surface area contributed by atoms with Gasteiger partial charge in [-0.3, -0.25) is 14.5 Å². The van der Waals surface area contributed by atoms with Gasteiger partial charge in [-0.25, -0.2) is 9.18 Å². The number of carbonyl (C=O) groups excluding carboxylic acids is 3. The molecule has 0 spiro atoms. The normalized spacial score (nSPS) is 23.4. The van der Waals surface area contributed by atoms with Crippen LogP contribution in [0, 0.1) is 11.7 Å². The summed E-state index contributed by atoms with van der Waals surface area (Å²) in [5.41, 5.74) is -0.592. The van der Waals surface area contributed by atoms with Crippen molar-refractivity contribution in [3.63, 3.8) is 0 Å². The van der Waals surface area contributed by atoms with Gasteiger partial charge in [-0.2, -0.15) is 0 Å². The van der Waals surface area contributed by atoms with Crippen molar-refractivity contribution in [2.45, 2.75) is 31.8 Å². The first-order chi connectivity index (χ1) is 11.3. The second kappa shape index (κ2) is 6.16. The van der Waals surface area contributed by atoms with Crippen LogP contribution in [-0.2, 0) is 16.1 Å². The molecule has 1 saturated carbocycles. The summed E-state index contributed by atoms with van der Waals surface area (Å²) in [6.45, 7) is 1.30. The van der Waals surface area contributed by atoms with E-state index in [0.717, 1.165) is 17.7 Å². The molecule has 4 amide bonds. The van der Waals surface area contributed by atoms with Crippen molar-refractivity contribution in [1.82, 2.24) is 15.5 Å². The minimum absolute atomic E-state index is 0.0202. The fourth-order valence-corrected chi connectivity index (χ4v) is 3.28. The topological polar surface area (TPSA) is 78.5 Å². The van der Waals surface area contributed by atoms with Crippen molar-refractivity contribution in [3.05, 3.63) is 34.1 Å². The lowest BCUT2D eigenvalue weighted by Gasteiger charge is -2.20. The Balaban J connectivity index is 1.60. The third kappa shape index (κ3) is 3.15. The van der Waals surface area contributed by atoms with Crippen molar-refractivity contribution in [3.8, 4) is 0 Å². The standard InChI is InChI=1S/C16H17BrFN3O3/c1-16(10-2-3-10)14(23)21(15(24)20-16)8-13(22)19-7-9-6-11(17)4-5-12(9)18/h4-6,10H,2-3,7-8H2,1H3,(H,19,22)(H,20,24). The molecular formula is C16H17BrFN3O3. The molecule has 1 saturated heterocycles. The molecule has 24 heavy (non-hydrogen) atoms. The SMILES string of the molecule is CC1(C2CC2)NC(=O)N(CC(=O)NCc2cc(Br)ccc2F)C1=O. The van der Waals surface area contributed by atoms with Gasteiger partial charge in [0.1, 0.15) is 17.9 Å². The van der Waals surface area contributed by atoms with Crippen molar-refractivity contribution >= 4 is 33.8 Å². The van der Waals surface area contributed by atoms with Crippen LogP contribution in [0.15, 0.2) is 22.7 Å². The molecule has 2 N–H and O–H groups in total. The number of hydrogen-bond donors (Lipinski definition) is 2. The van der Waals surface area contributed by atoms with E-state index in [4.69, 9.17) is 0 Å². The van der Waals surface area contributed by atoms with E-state index < -0.39 is 23.3 Å². The number of imide groups is 1. The van der Waals surface area contributed by atoms with Gasteiger partial charge < -0.3 is 10.6 Å². The number of hydrogen-bond acceptors (Lipinski definition) is 3. The average Bonchev–Trinajstić information content (AvgIpc) is 3.34.